The van der Waals surface area contributed by atoms with Gasteiger partial charge in [-0.25, -0.2) is 4.68 Å². The number of rotatable bonds is 4. The molecule has 1 aromatic carbocycles. The fraction of sp³-hybridized carbons (Fsp3) is 0.444. The molecular weight excluding hydrogens is 338 g/mol. The number of aromatic nitrogens is 2. The molecule has 6 nitrogen and oxygen atoms in total. The molecule has 0 spiro atoms. The van der Waals surface area contributed by atoms with E-state index in [0.29, 0.717) is 29.5 Å². The number of carbonyl (C=O) groups is 1. The molecule has 0 radical (unpaired) electrons. The van der Waals surface area contributed by atoms with Gasteiger partial charge in [-0.05, 0) is 52.0 Å². The Kier molecular flexibility index (Phi) is 4.69. The van der Waals surface area contributed by atoms with Crippen LogP contribution in [0.2, 0.25) is 0 Å². The van der Waals surface area contributed by atoms with E-state index in [-0.39, 0.29) is 11.4 Å². The van der Waals surface area contributed by atoms with Crippen LogP contribution in [0.3, 0.4) is 0 Å². The van der Waals surface area contributed by atoms with Gasteiger partial charge in [0.1, 0.15) is 11.6 Å². The number of nitrogens with zero attached hydrogens (tertiary/aromatic N) is 2. The van der Waals surface area contributed by atoms with Crippen molar-refractivity contribution in [1.82, 2.24) is 9.78 Å². The van der Waals surface area contributed by atoms with Crippen LogP contribution in [0.15, 0.2) is 24.3 Å². The molecule has 134 valence electrons. The lowest BCUT2D eigenvalue weighted by Gasteiger charge is -2.23. The number of benzene rings is 1. The SMILES string of the molecule is CCOc1ccc(C(=O)Nc2c3c(nn2C(C)(C)C)C[S@@](=O)C3)cc1. The molecule has 0 saturated carbocycles. The van der Waals surface area contributed by atoms with Gasteiger partial charge >= 0.3 is 0 Å². The summed E-state index contributed by atoms with van der Waals surface area (Å²) >= 11 is 0. The van der Waals surface area contributed by atoms with Crippen molar-refractivity contribution in [3.8, 4) is 5.75 Å². The van der Waals surface area contributed by atoms with E-state index in [1.54, 1.807) is 24.3 Å². The van der Waals surface area contributed by atoms with Gasteiger partial charge in [0.2, 0.25) is 0 Å². The summed E-state index contributed by atoms with van der Waals surface area (Å²) in [7, 11) is -0.942. The van der Waals surface area contributed by atoms with Crippen molar-refractivity contribution in [3.05, 3.63) is 41.1 Å². The van der Waals surface area contributed by atoms with Gasteiger partial charge in [-0.15, -0.1) is 0 Å². The Morgan fingerprint density at radius 3 is 2.56 bits per heavy atom. The van der Waals surface area contributed by atoms with E-state index in [1.165, 1.54) is 0 Å². The highest BCUT2D eigenvalue weighted by Crippen LogP contribution is 2.33. The largest absolute Gasteiger partial charge is 0.494 e. The van der Waals surface area contributed by atoms with Gasteiger partial charge < -0.3 is 10.1 Å². The van der Waals surface area contributed by atoms with Crippen LogP contribution in [-0.4, -0.2) is 26.5 Å². The van der Waals surface area contributed by atoms with E-state index in [1.807, 2.05) is 32.4 Å². The number of anilines is 1. The first-order chi connectivity index (χ1) is 11.8. The molecule has 0 bridgehead atoms. The van der Waals surface area contributed by atoms with Crippen LogP contribution in [0.4, 0.5) is 5.82 Å². The maximum absolute atomic E-state index is 12.7. The summed E-state index contributed by atoms with van der Waals surface area (Å²) in [6, 6.07) is 7.02. The lowest BCUT2D eigenvalue weighted by atomic mass is 10.1. The predicted octanol–water partition coefficient (Wildman–Crippen LogP) is 3.05. The summed E-state index contributed by atoms with van der Waals surface area (Å²) in [5.41, 5.74) is 1.95. The second-order valence-electron chi connectivity index (χ2n) is 7.00. The van der Waals surface area contributed by atoms with Gasteiger partial charge in [-0.3, -0.25) is 9.00 Å². The third-order valence-corrected chi connectivity index (χ3v) is 5.17. The standard InChI is InChI=1S/C18H23N3O3S/c1-5-24-13-8-6-12(7-9-13)17(22)19-16-14-10-25(23)11-15(14)20-21(16)18(2,3)4/h6-9H,5,10-11H2,1-4H3,(H,19,22)/t25-/m0/s1. The molecule has 1 aliphatic heterocycles. The van der Waals surface area contributed by atoms with Crippen molar-refractivity contribution < 1.29 is 13.7 Å². The molecule has 2 heterocycles. The van der Waals surface area contributed by atoms with Crippen LogP contribution in [0.5, 0.6) is 5.75 Å². The van der Waals surface area contributed by atoms with Crippen molar-refractivity contribution in [2.75, 3.05) is 11.9 Å². The molecule has 1 aliphatic rings. The molecule has 0 aliphatic carbocycles. The highest BCUT2D eigenvalue weighted by molar-refractivity contribution is 7.83. The number of hydrogen-bond acceptors (Lipinski definition) is 4. The number of ether oxygens (including phenoxy) is 1. The third kappa shape index (κ3) is 3.61. The minimum atomic E-state index is -0.942. The quantitative estimate of drug-likeness (QED) is 0.908. The van der Waals surface area contributed by atoms with Crippen LogP contribution < -0.4 is 10.1 Å². The molecule has 7 heteroatoms. The summed E-state index contributed by atoms with van der Waals surface area (Å²) in [5.74, 6) is 2.05. The number of fused-ring (bicyclic) bond motifs is 1. The van der Waals surface area contributed by atoms with E-state index in [4.69, 9.17) is 4.74 Å². The zero-order chi connectivity index (χ0) is 18.2. The fourth-order valence-electron chi connectivity index (χ4n) is 2.79. The van der Waals surface area contributed by atoms with E-state index in [0.717, 1.165) is 17.0 Å². The third-order valence-electron chi connectivity index (χ3n) is 3.96. The lowest BCUT2D eigenvalue weighted by molar-refractivity contribution is 0.102. The molecule has 0 saturated heterocycles. The van der Waals surface area contributed by atoms with Crippen LogP contribution in [0.25, 0.3) is 0 Å². The van der Waals surface area contributed by atoms with Crippen LogP contribution in [0.1, 0.15) is 49.3 Å². The van der Waals surface area contributed by atoms with Crippen LogP contribution in [-0.2, 0) is 27.8 Å². The van der Waals surface area contributed by atoms with E-state index >= 15 is 0 Å². The number of nitrogens with one attached hydrogen (secondary N) is 1. The van der Waals surface area contributed by atoms with Crippen molar-refractivity contribution in [2.24, 2.45) is 0 Å². The summed E-state index contributed by atoms with van der Waals surface area (Å²) in [5, 5.41) is 7.56. The van der Waals surface area contributed by atoms with Gasteiger partial charge in [0.15, 0.2) is 0 Å². The first kappa shape index (κ1) is 17.7. The molecule has 1 N–H and O–H groups in total. The Balaban J connectivity index is 1.89. The molecular formula is C18H23N3O3S. The second kappa shape index (κ2) is 6.63. The summed E-state index contributed by atoms with van der Waals surface area (Å²) in [4.78, 5) is 12.7. The topological polar surface area (TPSA) is 73.2 Å². The average Bonchev–Trinajstić information content (AvgIpc) is 3.05. The van der Waals surface area contributed by atoms with E-state index in [2.05, 4.69) is 10.4 Å². The molecule has 2 aromatic rings. The number of carbonyl (C=O) groups excluding carboxylic acids is 1. The van der Waals surface area contributed by atoms with Crippen molar-refractivity contribution in [1.29, 1.82) is 0 Å². The van der Waals surface area contributed by atoms with Crippen LogP contribution >= 0.6 is 0 Å². The van der Waals surface area contributed by atoms with Crippen molar-refractivity contribution in [3.63, 3.8) is 0 Å². The smallest absolute Gasteiger partial charge is 0.256 e. The summed E-state index contributed by atoms with van der Waals surface area (Å²) in [6.45, 7) is 8.58. The van der Waals surface area contributed by atoms with Crippen LogP contribution in [0, 0.1) is 0 Å². The summed E-state index contributed by atoms with van der Waals surface area (Å²) < 4.78 is 19.1. The van der Waals surface area contributed by atoms with Gasteiger partial charge in [-0.1, -0.05) is 0 Å². The zero-order valence-electron chi connectivity index (χ0n) is 15.0. The Bertz CT molecular complexity index is 819. The molecule has 0 fully saturated rings. The maximum Gasteiger partial charge on any atom is 0.256 e. The van der Waals surface area contributed by atoms with E-state index < -0.39 is 10.8 Å². The molecule has 3 rings (SSSR count). The first-order valence-corrected chi connectivity index (χ1v) is 9.79. The minimum absolute atomic E-state index is 0.214. The molecule has 25 heavy (non-hydrogen) atoms. The molecule has 1 atom stereocenters. The Morgan fingerprint density at radius 1 is 1.28 bits per heavy atom. The highest BCUT2D eigenvalue weighted by atomic mass is 32.2. The molecule has 0 unspecified atom stereocenters. The Morgan fingerprint density at radius 2 is 1.96 bits per heavy atom. The molecule has 1 aromatic heterocycles. The summed E-state index contributed by atoms with van der Waals surface area (Å²) in [6.07, 6.45) is 0. The number of hydrogen-bond donors (Lipinski definition) is 1. The molecule has 1 amide bonds. The van der Waals surface area contributed by atoms with E-state index in [9.17, 15) is 9.00 Å². The van der Waals surface area contributed by atoms with Gasteiger partial charge in [0, 0.05) is 21.9 Å². The van der Waals surface area contributed by atoms with Gasteiger partial charge in [-0.2, -0.15) is 5.10 Å². The maximum atomic E-state index is 12.7. The second-order valence-corrected chi connectivity index (χ2v) is 8.45. The Labute approximate surface area is 150 Å². The van der Waals surface area contributed by atoms with Gasteiger partial charge in [0.05, 0.1) is 29.3 Å². The fourth-order valence-corrected chi connectivity index (χ4v) is 4.05. The zero-order valence-corrected chi connectivity index (χ0v) is 15.8. The first-order valence-electron chi connectivity index (χ1n) is 8.30. The minimum Gasteiger partial charge on any atom is -0.494 e. The lowest BCUT2D eigenvalue weighted by Crippen LogP contribution is -2.27. The monoisotopic (exact) mass is 361 g/mol. The van der Waals surface area contributed by atoms with Crippen molar-refractivity contribution >= 4 is 22.5 Å². The highest BCUT2D eigenvalue weighted by Gasteiger charge is 2.31. The van der Waals surface area contributed by atoms with Gasteiger partial charge in [0.25, 0.3) is 5.91 Å². The predicted molar refractivity (Wildman–Crippen MR) is 98.3 cm³/mol. The average molecular weight is 361 g/mol. The normalized spacial score (nSPS) is 16.6. The number of amides is 1. The Hall–Kier alpha value is -2.15. The van der Waals surface area contributed by atoms with Crippen molar-refractivity contribution in [2.45, 2.75) is 44.7 Å².